The van der Waals surface area contributed by atoms with E-state index in [1.165, 1.54) is 11.3 Å². The summed E-state index contributed by atoms with van der Waals surface area (Å²) >= 11 is 1.30. The fourth-order valence-corrected chi connectivity index (χ4v) is 5.95. The lowest BCUT2D eigenvalue weighted by atomic mass is 9.96. The molecule has 2 aromatic heterocycles. The predicted molar refractivity (Wildman–Crippen MR) is 156 cm³/mol. The van der Waals surface area contributed by atoms with Crippen LogP contribution in [0.5, 0.6) is 0 Å². The zero-order chi connectivity index (χ0) is 27.6. The summed E-state index contributed by atoms with van der Waals surface area (Å²) in [5.74, 6) is -0.470. The number of hydrogen-bond acceptors (Lipinski definition) is 6. The third-order valence-corrected chi connectivity index (χ3v) is 7.71. The molecule has 0 saturated carbocycles. The third kappa shape index (κ3) is 4.63. The van der Waals surface area contributed by atoms with Crippen LogP contribution in [0, 0.1) is 0 Å². The van der Waals surface area contributed by atoms with Crippen molar-refractivity contribution in [1.29, 1.82) is 0 Å². The van der Waals surface area contributed by atoms with Crippen LogP contribution in [0.4, 0.5) is 0 Å². The maximum Gasteiger partial charge on any atom is 0.338 e. The smallest absolute Gasteiger partial charge is 0.338 e. The molecule has 0 bridgehead atoms. The van der Waals surface area contributed by atoms with Crippen LogP contribution in [0.2, 0.25) is 0 Å². The molecule has 0 radical (unpaired) electrons. The Morgan fingerprint density at radius 2 is 1.62 bits per heavy atom. The minimum Gasteiger partial charge on any atom is -0.463 e. The molecule has 7 nitrogen and oxygen atoms in total. The van der Waals surface area contributed by atoms with Gasteiger partial charge in [0.25, 0.3) is 5.56 Å². The minimum absolute atomic E-state index is 0.224. The quantitative estimate of drug-likeness (QED) is 0.291. The maximum atomic E-state index is 14.0. The average molecular weight is 547 g/mol. The molecule has 1 aliphatic rings. The van der Waals surface area contributed by atoms with Crippen LogP contribution in [-0.2, 0) is 9.53 Å². The van der Waals surface area contributed by atoms with Crippen molar-refractivity contribution in [1.82, 2.24) is 14.3 Å². The largest absolute Gasteiger partial charge is 0.463 e. The molecule has 0 fully saturated rings. The molecular formula is C32H26N4O3S. The first kappa shape index (κ1) is 25.5. The number of hydrogen-bond donors (Lipinski definition) is 0. The van der Waals surface area contributed by atoms with Gasteiger partial charge >= 0.3 is 5.97 Å². The summed E-state index contributed by atoms with van der Waals surface area (Å²) in [5.41, 5.74) is 4.93. The first-order chi connectivity index (χ1) is 19.5. The van der Waals surface area contributed by atoms with Gasteiger partial charge in [0.1, 0.15) is 0 Å². The SMILES string of the molecule is CCOC(=O)C1=C(C)N=c2s/c(=C/c3cn(-c4ccccc4)nc3-c3ccccc3)c(=O)n2C1c1ccccc1. The fraction of sp³-hybridized carbons (Fsp3) is 0.125. The summed E-state index contributed by atoms with van der Waals surface area (Å²) in [7, 11) is 0. The number of para-hydroxylation sites is 1. The number of aromatic nitrogens is 3. The second kappa shape index (κ2) is 10.7. The van der Waals surface area contributed by atoms with Gasteiger partial charge in [0.05, 0.1) is 39.8 Å². The van der Waals surface area contributed by atoms with Crippen LogP contribution in [0.1, 0.15) is 31.0 Å². The predicted octanol–water partition coefficient (Wildman–Crippen LogP) is 4.65. The Balaban J connectivity index is 1.56. The standard InChI is InChI=1S/C32H26N4O3S/c1-3-39-31(38)27-21(2)33-32-36(29(27)23-15-9-5-10-16-23)30(37)26(40-32)19-24-20-35(25-17-11-6-12-18-25)34-28(24)22-13-7-4-8-14-22/h4-20,29H,3H2,1-2H3/b26-19+. The van der Waals surface area contributed by atoms with E-state index >= 15 is 0 Å². The van der Waals surface area contributed by atoms with E-state index < -0.39 is 12.0 Å². The summed E-state index contributed by atoms with van der Waals surface area (Å²) in [4.78, 5) is 32.3. The van der Waals surface area contributed by atoms with Crippen molar-refractivity contribution >= 4 is 23.4 Å². The molecule has 1 atom stereocenters. The Kier molecular flexibility index (Phi) is 6.84. The van der Waals surface area contributed by atoms with Crippen LogP contribution < -0.4 is 14.9 Å². The number of fused-ring (bicyclic) bond motifs is 1. The van der Waals surface area contributed by atoms with Gasteiger partial charge < -0.3 is 4.74 Å². The lowest BCUT2D eigenvalue weighted by Gasteiger charge is -2.24. The van der Waals surface area contributed by atoms with Gasteiger partial charge in [-0.25, -0.2) is 14.5 Å². The van der Waals surface area contributed by atoms with Crippen molar-refractivity contribution in [2.24, 2.45) is 4.99 Å². The molecular weight excluding hydrogens is 520 g/mol. The van der Waals surface area contributed by atoms with Crippen molar-refractivity contribution in [2.45, 2.75) is 19.9 Å². The highest BCUT2D eigenvalue weighted by Gasteiger charge is 2.33. The van der Waals surface area contributed by atoms with Gasteiger partial charge in [-0.2, -0.15) is 5.10 Å². The van der Waals surface area contributed by atoms with E-state index in [1.54, 1.807) is 18.4 Å². The lowest BCUT2D eigenvalue weighted by Crippen LogP contribution is -2.39. The zero-order valence-electron chi connectivity index (χ0n) is 22.0. The van der Waals surface area contributed by atoms with E-state index in [0.29, 0.717) is 20.6 Å². The maximum absolute atomic E-state index is 14.0. The number of carbonyl (C=O) groups is 1. The first-order valence-corrected chi connectivity index (χ1v) is 13.8. The van der Waals surface area contributed by atoms with Crippen molar-refractivity contribution in [3.8, 4) is 16.9 Å². The molecule has 6 rings (SSSR count). The molecule has 40 heavy (non-hydrogen) atoms. The Morgan fingerprint density at radius 1 is 0.975 bits per heavy atom. The molecule has 0 N–H and O–H groups in total. The van der Waals surface area contributed by atoms with Gasteiger partial charge in [-0.1, -0.05) is 90.2 Å². The van der Waals surface area contributed by atoms with Gasteiger partial charge in [0.15, 0.2) is 4.80 Å². The van der Waals surface area contributed by atoms with Gasteiger partial charge in [0, 0.05) is 17.3 Å². The number of benzene rings is 3. The minimum atomic E-state index is -0.640. The monoisotopic (exact) mass is 546 g/mol. The normalized spacial score (nSPS) is 15.1. The number of esters is 1. The topological polar surface area (TPSA) is 78.5 Å². The molecule has 8 heteroatoms. The highest BCUT2D eigenvalue weighted by molar-refractivity contribution is 7.07. The number of thiazole rings is 1. The second-order valence-electron chi connectivity index (χ2n) is 9.29. The van der Waals surface area contributed by atoms with Crippen LogP contribution in [0.3, 0.4) is 0 Å². The summed E-state index contributed by atoms with van der Waals surface area (Å²) in [6.45, 7) is 3.78. The van der Waals surface area contributed by atoms with E-state index in [-0.39, 0.29) is 12.2 Å². The Labute approximate surface area is 234 Å². The first-order valence-electron chi connectivity index (χ1n) is 13.0. The van der Waals surface area contributed by atoms with E-state index in [1.807, 2.05) is 108 Å². The van der Waals surface area contributed by atoms with Crippen molar-refractivity contribution in [2.75, 3.05) is 6.61 Å². The molecule has 0 amide bonds. The molecule has 0 saturated heterocycles. The number of allylic oxidation sites excluding steroid dienone is 1. The highest BCUT2D eigenvalue weighted by atomic mass is 32.1. The average Bonchev–Trinajstić information content (AvgIpc) is 3.54. The van der Waals surface area contributed by atoms with E-state index in [0.717, 1.165) is 28.1 Å². The molecule has 0 spiro atoms. The van der Waals surface area contributed by atoms with Gasteiger partial charge in [-0.05, 0) is 37.6 Å². The Bertz CT molecular complexity index is 1900. The zero-order valence-corrected chi connectivity index (χ0v) is 22.8. The highest BCUT2D eigenvalue weighted by Crippen LogP contribution is 2.30. The fourth-order valence-electron chi connectivity index (χ4n) is 4.91. The summed E-state index contributed by atoms with van der Waals surface area (Å²) < 4.78 is 9.31. The van der Waals surface area contributed by atoms with E-state index in [2.05, 4.69) is 4.99 Å². The number of ether oxygens (including phenoxy) is 1. The van der Waals surface area contributed by atoms with Crippen LogP contribution >= 0.6 is 11.3 Å². The van der Waals surface area contributed by atoms with Gasteiger partial charge in [0.2, 0.25) is 0 Å². The molecule has 198 valence electrons. The summed E-state index contributed by atoms with van der Waals surface area (Å²) in [6, 6.07) is 28.6. The number of carbonyl (C=O) groups excluding carboxylic acids is 1. The summed E-state index contributed by atoms with van der Waals surface area (Å²) in [5, 5.41) is 4.88. The Hall–Kier alpha value is -4.82. The molecule has 1 aliphatic heterocycles. The van der Waals surface area contributed by atoms with Gasteiger partial charge in [-0.15, -0.1) is 0 Å². The molecule has 3 aromatic carbocycles. The third-order valence-electron chi connectivity index (χ3n) is 6.73. The van der Waals surface area contributed by atoms with E-state index in [9.17, 15) is 9.59 Å². The van der Waals surface area contributed by atoms with Gasteiger partial charge in [-0.3, -0.25) is 9.36 Å². The van der Waals surface area contributed by atoms with Crippen molar-refractivity contribution in [3.05, 3.63) is 139 Å². The Morgan fingerprint density at radius 3 is 2.30 bits per heavy atom. The second-order valence-corrected chi connectivity index (χ2v) is 10.3. The molecule has 3 heterocycles. The van der Waals surface area contributed by atoms with Crippen LogP contribution in [-0.4, -0.2) is 26.9 Å². The molecule has 5 aromatic rings. The van der Waals surface area contributed by atoms with Crippen molar-refractivity contribution in [3.63, 3.8) is 0 Å². The summed E-state index contributed by atoms with van der Waals surface area (Å²) in [6.07, 6.45) is 3.80. The number of rotatable bonds is 6. The molecule has 1 unspecified atom stereocenters. The van der Waals surface area contributed by atoms with Crippen LogP contribution in [0.15, 0.2) is 118 Å². The van der Waals surface area contributed by atoms with Crippen molar-refractivity contribution < 1.29 is 9.53 Å². The number of nitrogens with zero attached hydrogens (tertiary/aromatic N) is 4. The van der Waals surface area contributed by atoms with Crippen LogP contribution in [0.25, 0.3) is 23.0 Å². The lowest BCUT2D eigenvalue weighted by molar-refractivity contribution is -0.139. The molecule has 0 aliphatic carbocycles. The van der Waals surface area contributed by atoms with E-state index in [4.69, 9.17) is 9.84 Å².